The fourth-order valence-electron chi connectivity index (χ4n) is 10.4. The van der Waals surface area contributed by atoms with Crippen molar-refractivity contribution in [1.82, 2.24) is 0 Å². The molecule has 0 aromatic rings. The lowest BCUT2D eigenvalue weighted by Gasteiger charge is -2.21. The molecule has 0 aromatic carbocycles. The maximum atomic E-state index is 13.1. The molecule has 0 heterocycles. The third kappa shape index (κ3) is 67.6. The normalized spacial score (nSPS) is 14.2. The van der Waals surface area contributed by atoms with Gasteiger partial charge in [-0.2, -0.15) is 0 Å². The predicted molar refractivity (Wildman–Crippen MR) is 381 cm³/mol. The standard InChI is InChI=1S/C75H138O17P2/c1-5-9-13-17-21-25-29-33-34-38-40-44-48-52-56-60-73(78)86-66-71(92-75(80)62-58-54-50-46-42-37-32-28-24-20-16-12-8-4)68-90-94(83,84)88-64-69(76)63-87-93(81,82)89-67-70(91-74(79)61-57-53-49-45-41-36-31-27-23-19-15-11-7-3)65-85-72(77)59-55-51-47-43-39-35-30-26-22-18-14-10-6-2/h25-27,29-31,33-34,69-71,76H,5-24,28,32,35-68H2,1-4H3,(H,81,82)(H,83,84)/b29-25-,30-26-,31-27-,34-33-/t69-,70+,71+/m0/s1. The molecule has 550 valence electrons. The number of aliphatic hydroxyl groups is 1. The summed E-state index contributed by atoms with van der Waals surface area (Å²) in [5.74, 6) is -2.18. The minimum absolute atomic E-state index is 0.0880. The summed E-state index contributed by atoms with van der Waals surface area (Å²) in [6, 6.07) is 0. The molecule has 0 amide bonds. The third-order valence-electron chi connectivity index (χ3n) is 16.3. The number of carbonyl (C=O) groups excluding carboxylic acids is 4. The van der Waals surface area contributed by atoms with Gasteiger partial charge in [-0.1, -0.05) is 269 Å². The van der Waals surface area contributed by atoms with Crippen molar-refractivity contribution >= 4 is 39.5 Å². The molecule has 0 fully saturated rings. The monoisotopic (exact) mass is 1370 g/mol. The van der Waals surface area contributed by atoms with Crippen LogP contribution in [-0.4, -0.2) is 96.7 Å². The highest BCUT2D eigenvalue weighted by Gasteiger charge is 2.30. The molecule has 0 rings (SSSR count). The van der Waals surface area contributed by atoms with Gasteiger partial charge in [0.2, 0.25) is 0 Å². The summed E-state index contributed by atoms with van der Waals surface area (Å²) in [5.41, 5.74) is 0. The first-order chi connectivity index (χ1) is 45.7. The second kappa shape index (κ2) is 68.5. The van der Waals surface area contributed by atoms with Crippen molar-refractivity contribution in [3.63, 3.8) is 0 Å². The van der Waals surface area contributed by atoms with E-state index in [0.717, 1.165) is 141 Å². The van der Waals surface area contributed by atoms with Crippen LogP contribution in [0.25, 0.3) is 0 Å². The van der Waals surface area contributed by atoms with Crippen molar-refractivity contribution in [3.8, 4) is 0 Å². The summed E-state index contributed by atoms with van der Waals surface area (Å²) in [5, 5.41) is 10.6. The number of aliphatic hydroxyl groups excluding tert-OH is 1. The number of ether oxygens (including phenoxy) is 4. The zero-order chi connectivity index (χ0) is 69.0. The van der Waals surface area contributed by atoms with Crippen LogP contribution in [0, 0.1) is 0 Å². The summed E-state index contributed by atoms with van der Waals surface area (Å²) in [6.45, 7) is 4.84. The highest BCUT2D eigenvalue weighted by molar-refractivity contribution is 7.47. The quantitative estimate of drug-likeness (QED) is 0.0128. The third-order valence-corrected chi connectivity index (χ3v) is 18.2. The van der Waals surface area contributed by atoms with Gasteiger partial charge >= 0.3 is 39.5 Å². The maximum absolute atomic E-state index is 13.1. The number of rotatable bonds is 72. The Kier molecular flexibility index (Phi) is 66.4. The highest BCUT2D eigenvalue weighted by Crippen LogP contribution is 2.45. The number of phosphoric ester groups is 2. The molecule has 0 aliphatic heterocycles. The van der Waals surface area contributed by atoms with Crippen LogP contribution < -0.4 is 0 Å². The van der Waals surface area contributed by atoms with Crippen molar-refractivity contribution < 1.29 is 80.2 Å². The molecule has 5 atom stereocenters. The molecule has 94 heavy (non-hydrogen) atoms. The molecular weight excluding hydrogens is 1230 g/mol. The minimum Gasteiger partial charge on any atom is -0.462 e. The van der Waals surface area contributed by atoms with Gasteiger partial charge in [-0.3, -0.25) is 37.3 Å². The zero-order valence-electron chi connectivity index (χ0n) is 59.9. The Morgan fingerprint density at radius 3 is 0.809 bits per heavy atom. The molecule has 0 aliphatic carbocycles. The molecule has 0 aromatic heterocycles. The molecule has 19 heteroatoms. The van der Waals surface area contributed by atoms with Gasteiger partial charge in [0.05, 0.1) is 26.4 Å². The topological polar surface area (TPSA) is 237 Å². The van der Waals surface area contributed by atoms with E-state index in [0.29, 0.717) is 25.7 Å². The van der Waals surface area contributed by atoms with E-state index in [9.17, 15) is 43.2 Å². The fourth-order valence-corrected chi connectivity index (χ4v) is 12.0. The van der Waals surface area contributed by atoms with E-state index in [-0.39, 0.29) is 25.7 Å². The molecule has 0 saturated carbocycles. The SMILES string of the molecule is CCCCCC/C=C\C=C/CCCCCCCC(=O)OC[C@H](COP(=O)(O)OC[C@@H](O)COP(=O)(O)OC[C@@H](COC(=O)CCCCCCC/C=C\CCCCCC)OC(=O)CCCCCCC/C=C\CCCCCC)OC(=O)CCCCCCCCCCCCCCC. The minimum atomic E-state index is -4.97. The lowest BCUT2D eigenvalue weighted by atomic mass is 10.0. The number of esters is 4. The molecule has 0 aliphatic rings. The van der Waals surface area contributed by atoms with Gasteiger partial charge in [-0.05, 0) is 103 Å². The molecule has 0 bridgehead atoms. The van der Waals surface area contributed by atoms with Crippen LogP contribution in [-0.2, 0) is 65.4 Å². The second-order valence-corrected chi connectivity index (χ2v) is 28.5. The number of unbranched alkanes of at least 4 members (excludes halogenated alkanes) is 39. The van der Waals surface area contributed by atoms with E-state index < -0.39 is 97.5 Å². The van der Waals surface area contributed by atoms with E-state index in [1.54, 1.807) is 0 Å². The Morgan fingerprint density at radius 1 is 0.298 bits per heavy atom. The van der Waals surface area contributed by atoms with Crippen LogP contribution in [0.15, 0.2) is 48.6 Å². The fraction of sp³-hybridized carbons (Fsp3) is 0.840. The summed E-state index contributed by atoms with van der Waals surface area (Å²) in [6.07, 6.45) is 63.8. The maximum Gasteiger partial charge on any atom is 0.472 e. The summed E-state index contributed by atoms with van der Waals surface area (Å²) in [7, 11) is -9.93. The second-order valence-electron chi connectivity index (χ2n) is 25.6. The average Bonchev–Trinajstić information content (AvgIpc) is 1.67. The molecule has 3 N–H and O–H groups in total. The van der Waals surface area contributed by atoms with Crippen LogP contribution >= 0.6 is 15.6 Å². The van der Waals surface area contributed by atoms with Crippen LogP contribution in [0.3, 0.4) is 0 Å². The summed E-state index contributed by atoms with van der Waals surface area (Å²) < 4.78 is 68.4. The van der Waals surface area contributed by atoms with E-state index >= 15 is 0 Å². The van der Waals surface area contributed by atoms with Crippen LogP contribution in [0.2, 0.25) is 0 Å². The number of hydrogen-bond donors (Lipinski definition) is 3. The van der Waals surface area contributed by atoms with E-state index in [2.05, 4.69) is 76.3 Å². The van der Waals surface area contributed by atoms with Gasteiger partial charge in [0.25, 0.3) is 0 Å². The van der Waals surface area contributed by atoms with Crippen molar-refractivity contribution in [3.05, 3.63) is 48.6 Å². The number of allylic oxidation sites excluding steroid dienone is 8. The van der Waals surface area contributed by atoms with Crippen molar-refractivity contribution in [2.45, 2.75) is 367 Å². The van der Waals surface area contributed by atoms with Crippen LogP contribution in [0.4, 0.5) is 0 Å². The highest BCUT2D eigenvalue weighted by atomic mass is 31.2. The lowest BCUT2D eigenvalue weighted by Crippen LogP contribution is -2.30. The molecule has 17 nitrogen and oxygen atoms in total. The van der Waals surface area contributed by atoms with Gasteiger partial charge in [-0.25, -0.2) is 9.13 Å². The number of hydrogen-bond acceptors (Lipinski definition) is 15. The first-order valence-corrected chi connectivity index (χ1v) is 40.9. The zero-order valence-corrected chi connectivity index (χ0v) is 61.7. The molecule has 0 saturated heterocycles. The van der Waals surface area contributed by atoms with Gasteiger partial charge in [0, 0.05) is 25.7 Å². The average molecular weight is 1370 g/mol. The molecule has 0 radical (unpaired) electrons. The van der Waals surface area contributed by atoms with Gasteiger partial charge < -0.3 is 33.8 Å². The molecule has 0 spiro atoms. The van der Waals surface area contributed by atoms with Gasteiger partial charge in [0.1, 0.15) is 19.3 Å². The smallest absolute Gasteiger partial charge is 0.462 e. The first kappa shape index (κ1) is 91.0. The van der Waals surface area contributed by atoms with Crippen molar-refractivity contribution in [2.75, 3.05) is 39.6 Å². The van der Waals surface area contributed by atoms with E-state index in [1.807, 2.05) is 0 Å². The van der Waals surface area contributed by atoms with Crippen molar-refractivity contribution in [2.24, 2.45) is 0 Å². The van der Waals surface area contributed by atoms with E-state index in [4.69, 9.17) is 37.0 Å². The van der Waals surface area contributed by atoms with Crippen LogP contribution in [0.5, 0.6) is 0 Å². The Balaban J connectivity index is 5.32. The van der Waals surface area contributed by atoms with Crippen molar-refractivity contribution in [1.29, 1.82) is 0 Å². The van der Waals surface area contributed by atoms with Gasteiger partial charge in [0.15, 0.2) is 12.2 Å². The van der Waals surface area contributed by atoms with E-state index in [1.165, 1.54) is 128 Å². The summed E-state index contributed by atoms with van der Waals surface area (Å²) >= 11 is 0. The largest absolute Gasteiger partial charge is 0.472 e. The predicted octanol–water partition coefficient (Wildman–Crippen LogP) is 21.3. The molecule has 2 unspecified atom stereocenters. The Morgan fingerprint density at radius 2 is 0.521 bits per heavy atom. The Bertz CT molecular complexity index is 1980. The van der Waals surface area contributed by atoms with Crippen LogP contribution in [0.1, 0.15) is 349 Å². The van der Waals surface area contributed by atoms with Gasteiger partial charge in [-0.15, -0.1) is 0 Å². The summed E-state index contributed by atoms with van der Waals surface area (Å²) in [4.78, 5) is 72.7. The lowest BCUT2D eigenvalue weighted by molar-refractivity contribution is -0.161. The molecular formula is C75H138O17P2. The number of carbonyl (C=O) groups is 4. The Labute approximate surface area is 572 Å². The number of phosphoric acid groups is 2. The Hall–Kier alpha value is -2.98. The first-order valence-electron chi connectivity index (χ1n) is 37.9.